The number of piperidine rings is 1. The van der Waals surface area contributed by atoms with Crippen LogP contribution in [0.25, 0.3) is 5.69 Å². The zero-order chi connectivity index (χ0) is 19.2. The summed E-state index contributed by atoms with van der Waals surface area (Å²) < 4.78 is 1.91. The van der Waals surface area contributed by atoms with Crippen LogP contribution in [0.4, 0.5) is 0 Å². The fourth-order valence-corrected chi connectivity index (χ4v) is 3.62. The van der Waals surface area contributed by atoms with Crippen molar-refractivity contribution < 1.29 is 4.79 Å². The van der Waals surface area contributed by atoms with Gasteiger partial charge in [-0.25, -0.2) is 4.98 Å². The summed E-state index contributed by atoms with van der Waals surface area (Å²) >= 11 is 0. The fraction of sp³-hybridized carbons (Fsp3) is 0.304. The Morgan fingerprint density at radius 2 is 1.64 bits per heavy atom. The van der Waals surface area contributed by atoms with Crippen molar-refractivity contribution in [2.24, 2.45) is 0 Å². The van der Waals surface area contributed by atoms with Crippen molar-refractivity contribution in [3.8, 4) is 5.69 Å². The lowest BCUT2D eigenvalue weighted by Gasteiger charge is -2.26. The van der Waals surface area contributed by atoms with Crippen molar-refractivity contribution >= 4 is 5.91 Å². The van der Waals surface area contributed by atoms with E-state index in [1.54, 1.807) is 12.5 Å². The Hall–Kier alpha value is -2.92. The number of nitrogens with one attached hydrogen (secondary N) is 1. The first-order chi connectivity index (χ1) is 13.8. The van der Waals surface area contributed by atoms with Gasteiger partial charge in [0.15, 0.2) is 0 Å². The molecule has 1 aromatic heterocycles. The Bertz CT molecular complexity index is 879. The van der Waals surface area contributed by atoms with Crippen LogP contribution in [0, 0.1) is 0 Å². The molecule has 4 rings (SSSR count). The van der Waals surface area contributed by atoms with Crippen LogP contribution in [-0.2, 0) is 13.1 Å². The number of nitrogens with zero attached hydrogens (tertiary/aromatic N) is 3. The Balaban J connectivity index is 1.29. The van der Waals surface area contributed by atoms with Crippen LogP contribution in [0.2, 0.25) is 0 Å². The first kappa shape index (κ1) is 18.4. The van der Waals surface area contributed by atoms with Crippen molar-refractivity contribution in [3.05, 3.63) is 83.9 Å². The zero-order valence-electron chi connectivity index (χ0n) is 16.1. The van der Waals surface area contributed by atoms with Gasteiger partial charge in [-0.1, -0.05) is 30.7 Å². The monoisotopic (exact) mass is 374 g/mol. The minimum Gasteiger partial charge on any atom is -0.348 e. The highest BCUT2D eigenvalue weighted by atomic mass is 16.1. The number of hydrogen-bond donors (Lipinski definition) is 1. The third-order valence-corrected chi connectivity index (χ3v) is 5.26. The molecule has 0 radical (unpaired) electrons. The van der Waals surface area contributed by atoms with E-state index >= 15 is 0 Å². The molecule has 0 saturated carbocycles. The van der Waals surface area contributed by atoms with E-state index in [1.165, 1.54) is 37.9 Å². The molecule has 1 aliphatic heterocycles. The molecule has 0 bridgehead atoms. The molecule has 144 valence electrons. The molecular weight excluding hydrogens is 348 g/mol. The van der Waals surface area contributed by atoms with E-state index in [2.05, 4.69) is 39.5 Å². The molecule has 1 N–H and O–H groups in total. The number of carbonyl (C=O) groups excluding carboxylic acids is 1. The Labute approximate surface area is 166 Å². The topological polar surface area (TPSA) is 50.2 Å². The zero-order valence-corrected chi connectivity index (χ0v) is 16.1. The van der Waals surface area contributed by atoms with Gasteiger partial charge in [0.05, 0.1) is 6.33 Å². The van der Waals surface area contributed by atoms with Crippen LogP contribution in [0.5, 0.6) is 0 Å². The van der Waals surface area contributed by atoms with Gasteiger partial charge in [-0.3, -0.25) is 9.69 Å². The molecule has 28 heavy (non-hydrogen) atoms. The highest BCUT2D eigenvalue weighted by molar-refractivity contribution is 5.94. The highest BCUT2D eigenvalue weighted by Gasteiger charge is 2.10. The lowest BCUT2D eigenvalue weighted by molar-refractivity contribution is 0.0951. The van der Waals surface area contributed by atoms with Gasteiger partial charge in [-0.2, -0.15) is 0 Å². The molecule has 5 nitrogen and oxygen atoms in total. The third kappa shape index (κ3) is 4.67. The molecule has 0 spiro atoms. The average molecular weight is 374 g/mol. The predicted octanol–water partition coefficient (Wildman–Crippen LogP) is 3.79. The Morgan fingerprint density at radius 3 is 2.32 bits per heavy atom. The molecule has 2 heterocycles. The minimum atomic E-state index is -0.0606. The van der Waals surface area contributed by atoms with E-state index in [0.717, 1.165) is 17.8 Å². The molecule has 2 aromatic carbocycles. The molecule has 1 aliphatic rings. The summed E-state index contributed by atoms with van der Waals surface area (Å²) in [7, 11) is 0. The molecule has 1 fully saturated rings. The summed E-state index contributed by atoms with van der Waals surface area (Å²) in [6.45, 7) is 3.97. The molecule has 0 aliphatic carbocycles. The second kappa shape index (κ2) is 8.85. The fourth-order valence-electron chi connectivity index (χ4n) is 3.62. The third-order valence-electron chi connectivity index (χ3n) is 5.26. The van der Waals surface area contributed by atoms with Crippen LogP contribution in [0.1, 0.15) is 40.7 Å². The number of amides is 1. The number of rotatable bonds is 6. The first-order valence-corrected chi connectivity index (χ1v) is 9.95. The van der Waals surface area contributed by atoms with Gasteiger partial charge in [0, 0.05) is 36.7 Å². The normalized spacial score (nSPS) is 14.7. The number of hydrogen-bond acceptors (Lipinski definition) is 3. The summed E-state index contributed by atoms with van der Waals surface area (Å²) in [5.41, 5.74) is 4.10. The van der Waals surface area contributed by atoms with Gasteiger partial charge < -0.3 is 9.88 Å². The van der Waals surface area contributed by atoms with E-state index in [0.29, 0.717) is 12.1 Å². The second-order valence-corrected chi connectivity index (χ2v) is 7.35. The average Bonchev–Trinajstić information content (AvgIpc) is 3.29. The SMILES string of the molecule is O=C(NCc1ccc(CN2CCCCC2)cc1)c1ccc(-n2ccnc2)cc1. The molecule has 5 heteroatoms. The van der Waals surface area contributed by atoms with Crippen molar-refractivity contribution in [1.82, 2.24) is 19.8 Å². The Kier molecular flexibility index (Phi) is 5.83. The summed E-state index contributed by atoms with van der Waals surface area (Å²) in [5.74, 6) is -0.0606. The highest BCUT2D eigenvalue weighted by Crippen LogP contribution is 2.14. The summed E-state index contributed by atoms with van der Waals surface area (Å²) in [6.07, 6.45) is 9.34. The molecule has 3 aromatic rings. The van der Waals surface area contributed by atoms with Crippen LogP contribution >= 0.6 is 0 Å². The first-order valence-electron chi connectivity index (χ1n) is 9.95. The lowest BCUT2D eigenvalue weighted by Crippen LogP contribution is -2.29. The van der Waals surface area contributed by atoms with Gasteiger partial charge in [-0.05, 0) is 61.3 Å². The maximum atomic E-state index is 12.4. The van der Waals surface area contributed by atoms with Gasteiger partial charge in [0.1, 0.15) is 0 Å². The van der Waals surface area contributed by atoms with Crippen molar-refractivity contribution in [2.45, 2.75) is 32.4 Å². The minimum absolute atomic E-state index is 0.0606. The van der Waals surface area contributed by atoms with Crippen molar-refractivity contribution in [1.29, 1.82) is 0 Å². The standard InChI is InChI=1S/C23H26N4O/c28-23(21-8-10-22(11-9-21)27-15-12-24-18-27)25-16-19-4-6-20(7-5-19)17-26-13-2-1-3-14-26/h4-12,15,18H,1-3,13-14,16-17H2,(H,25,28). The van der Waals surface area contributed by atoms with Crippen LogP contribution in [-0.4, -0.2) is 33.4 Å². The second-order valence-electron chi connectivity index (χ2n) is 7.35. The number of likely N-dealkylation sites (tertiary alicyclic amines) is 1. The molecular formula is C23H26N4O. The maximum absolute atomic E-state index is 12.4. The molecule has 0 atom stereocenters. The van der Waals surface area contributed by atoms with Crippen LogP contribution in [0.15, 0.2) is 67.3 Å². The van der Waals surface area contributed by atoms with Gasteiger partial charge in [-0.15, -0.1) is 0 Å². The lowest BCUT2D eigenvalue weighted by atomic mass is 10.1. The van der Waals surface area contributed by atoms with Gasteiger partial charge in [0.25, 0.3) is 5.91 Å². The van der Waals surface area contributed by atoms with Crippen LogP contribution in [0.3, 0.4) is 0 Å². The van der Waals surface area contributed by atoms with Crippen molar-refractivity contribution in [2.75, 3.05) is 13.1 Å². The van der Waals surface area contributed by atoms with Gasteiger partial charge in [0.2, 0.25) is 0 Å². The van der Waals surface area contributed by atoms with E-state index in [4.69, 9.17) is 0 Å². The molecule has 1 saturated heterocycles. The number of aromatic nitrogens is 2. The van der Waals surface area contributed by atoms with Crippen LogP contribution < -0.4 is 5.32 Å². The largest absolute Gasteiger partial charge is 0.348 e. The van der Waals surface area contributed by atoms with E-state index < -0.39 is 0 Å². The van der Waals surface area contributed by atoms with E-state index in [9.17, 15) is 4.79 Å². The maximum Gasteiger partial charge on any atom is 0.251 e. The van der Waals surface area contributed by atoms with Gasteiger partial charge >= 0.3 is 0 Å². The van der Waals surface area contributed by atoms with Crippen molar-refractivity contribution in [3.63, 3.8) is 0 Å². The predicted molar refractivity (Wildman–Crippen MR) is 110 cm³/mol. The Morgan fingerprint density at radius 1 is 0.929 bits per heavy atom. The number of benzene rings is 2. The number of carbonyl (C=O) groups is 1. The number of imidazole rings is 1. The summed E-state index contributed by atoms with van der Waals surface area (Å²) in [5, 5.41) is 3.00. The van der Waals surface area contributed by atoms with E-state index in [-0.39, 0.29) is 5.91 Å². The molecule has 0 unspecified atom stereocenters. The molecule has 1 amide bonds. The smallest absolute Gasteiger partial charge is 0.251 e. The summed E-state index contributed by atoms with van der Waals surface area (Å²) in [6, 6.07) is 16.1. The quantitative estimate of drug-likeness (QED) is 0.714. The summed E-state index contributed by atoms with van der Waals surface area (Å²) in [4.78, 5) is 19.0. The van der Waals surface area contributed by atoms with E-state index in [1.807, 2.05) is 35.0 Å².